The number of fused-ring (bicyclic) bond motifs is 2. The normalized spacial score (nSPS) is 17.8. The highest BCUT2D eigenvalue weighted by atomic mass is 32.1. The maximum atomic E-state index is 13.1. The summed E-state index contributed by atoms with van der Waals surface area (Å²) in [6, 6.07) is 8.35. The summed E-state index contributed by atoms with van der Waals surface area (Å²) in [6.07, 6.45) is 5.04. The molecule has 24 heavy (non-hydrogen) atoms. The van der Waals surface area contributed by atoms with Gasteiger partial charge in [-0.1, -0.05) is 12.1 Å². The van der Waals surface area contributed by atoms with Crippen LogP contribution in [0.5, 0.6) is 0 Å². The van der Waals surface area contributed by atoms with Gasteiger partial charge in [0.1, 0.15) is 0 Å². The number of anilines is 2. The van der Waals surface area contributed by atoms with Crippen LogP contribution in [0.25, 0.3) is 4.96 Å². The number of carbonyl (C=O) groups is 1. The third-order valence-corrected chi connectivity index (χ3v) is 5.60. The number of thiazole rings is 1. The molecule has 1 atom stereocenters. The minimum absolute atomic E-state index is 0.138. The van der Waals surface area contributed by atoms with Crippen molar-refractivity contribution < 1.29 is 4.79 Å². The number of carbonyl (C=O) groups excluding carboxylic acids is 1. The van der Waals surface area contributed by atoms with Gasteiger partial charge in [-0.3, -0.25) is 9.20 Å². The number of para-hydroxylation sites is 2. The molecule has 0 radical (unpaired) electrons. The van der Waals surface area contributed by atoms with Crippen LogP contribution in [0.4, 0.5) is 11.4 Å². The van der Waals surface area contributed by atoms with Crippen LogP contribution in [0.15, 0.2) is 42.0 Å². The van der Waals surface area contributed by atoms with Crippen LogP contribution >= 0.6 is 11.3 Å². The molecule has 0 N–H and O–H groups in total. The van der Waals surface area contributed by atoms with E-state index < -0.39 is 0 Å². The first kappa shape index (κ1) is 15.2. The smallest absolute Gasteiger partial charge is 0.233 e. The van der Waals surface area contributed by atoms with E-state index in [4.69, 9.17) is 0 Å². The Bertz CT molecular complexity index is 884. The predicted molar refractivity (Wildman–Crippen MR) is 98.1 cm³/mol. The second-order valence-electron chi connectivity index (χ2n) is 6.30. The van der Waals surface area contributed by atoms with Gasteiger partial charge in [0, 0.05) is 43.1 Å². The van der Waals surface area contributed by atoms with E-state index in [1.54, 1.807) is 17.5 Å². The zero-order valence-corrected chi connectivity index (χ0v) is 14.7. The lowest BCUT2D eigenvalue weighted by molar-refractivity contribution is -0.118. The van der Waals surface area contributed by atoms with E-state index >= 15 is 0 Å². The Labute approximate surface area is 145 Å². The first-order chi connectivity index (χ1) is 11.6. The van der Waals surface area contributed by atoms with E-state index in [-0.39, 0.29) is 11.9 Å². The molecule has 0 spiro atoms. The van der Waals surface area contributed by atoms with E-state index in [1.807, 2.05) is 39.1 Å². The Morgan fingerprint density at radius 3 is 2.96 bits per heavy atom. The van der Waals surface area contributed by atoms with Gasteiger partial charge < -0.3 is 9.80 Å². The van der Waals surface area contributed by atoms with Crippen molar-refractivity contribution in [1.82, 2.24) is 9.38 Å². The zero-order chi connectivity index (χ0) is 16.7. The lowest BCUT2D eigenvalue weighted by atomic mass is 10.1. The van der Waals surface area contributed by atoms with Crippen LogP contribution < -0.4 is 9.80 Å². The van der Waals surface area contributed by atoms with E-state index in [0.29, 0.717) is 6.42 Å². The molecular formula is C18H20N4OS. The average Bonchev–Trinajstić information content (AvgIpc) is 3.15. The summed E-state index contributed by atoms with van der Waals surface area (Å²) >= 11 is 1.57. The fourth-order valence-electron chi connectivity index (χ4n) is 3.38. The lowest BCUT2D eigenvalue weighted by Gasteiger charge is -2.28. The molecule has 0 aliphatic carbocycles. The quantitative estimate of drug-likeness (QED) is 0.719. The average molecular weight is 340 g/mol. The number of imidazole rings is 1. The summed E-state index contributed by atoms with van der Waals surface area (Å²) in [5.41, 5.74) is 3.13. The van der Waals surface area contributed by atoms with E-state index in [1.165, 1.54) is 0 Å². The van der Waals surface area contributed by atoms with Gasteiger partial charge in [-0.2, -0.15) is 0 Å². The van der Waals surface area contributed by atoms with Crippen LogP contribution in [0.1, 0.15) is 19.0 Å². The van der Waals surface area contributed by atoms with E-state index in [0.717, 1.165) is 35.0 Å². The summed E-state index contributed by atoms with van der Waals surface area (Å²) in [7, 11) is 2.09. The Morgan fingerprint density at radius 1 is 1.33 bits per heavy atom. The van der Waals surface area contributed by atoms with Gasteiger partial charge in [0.25, 0.3) is 0 Å². The molecule has 2 aromatic heterocycles. The lowest BCUT2D eigenvalue weighted by Crippen LogP contribution is -2.39. The first-order valence-corrected chi connectivity index (χ1v) is 9.05. The van der Waals surface area contributed by atoms with Crippen LogP contribution in [-0.2, 0) is 11.2 Å². The number of nitrogens with zero attached hydrogens (tertiary/aromatic N) is 4. The van der Waals surface area contributed by atoms with Crippen molar-refractivity contribution in [3.05, 3.63) is 47.7 Å². The first-order valence-electron chi connectivity index (χ1n) is 8.17. The number of hydrogen-bond acceptors (Lipinski definition) is 4. The summed E-state index contributed by atoms with van der Waals surface area (Å²) in [4.78, 5) is 22.6. The SMILES string of the molecule is C[C@@H]1CCN(C)c2ccccc2N1C(=O)Cc1csc2nccn12. The maximum Gasteiger partial charge on any atom is 0.233 e. The summed E-state index contributed by atoms with van der Waals surface area (Å²) < 4.78 is 2.00. The van der Waals surface area contributed by atoms with Crippen LogP contribution in [0.3, 0.4) is 0 Å². The standard InChI is InChI=1S/C18H20N4OS/c1-13-7-9-20(2)15-5-3-4-6-16(15)22(13)17(23)11-14-12-24-18-19-8-10-21(14)18/h3-6,8,10,12-13H,7,9,11H2,1-2H3/t13-/m1/s1. The Balaban J connectivity index is 1.69. The Morgan fingerprint density at radius 2 is 2.12 bits per heavy atom. The third kappa shape index (κ3) is 2.47. The molecule has 1 aliphatic heterocycles. The zero-order valence-electron chi connectivity index (χ0n) is 13.8. The second-order valence-corrected chi connectivity index (χ2v) is 7.13. The molecule has 0 bridgehead atoms. The second kappa shape index (κ2) is 5.94. The highest BCUT2D eigenvalue weighted by Crippen LogP contribution is 2.34. The number of amides is 1. The molecule has 0 saturated heterocycles. The molecule has 1 amide bonds. The number of rotatable bonds is 2. The largest absolute Gasteiger partial charge is 0.373 e. The molecule has 6 heteroatoms. The molecule has 5 nitrogen and oxygen atoms in total. The van der Waals surface area contributed by atoms with Gasteiger partial charge in [-0.25, -0.2) is 4.98 Å². The minimum atomic E-state index is 0.138. The van der Waals surface area contributed by atoms with Crippen LogP contribution in [0.2, 0.25) is 0 Å². The Kier molecular flexibility index (Phi) is 3.76. The number of hydrogen-bond donors (Lipinski definition) is 0. The van der Waals surface area contributed by atoms with Crippen LogP contribution in [-0.4, -0.2) is 34.9 Å². The molecule has 1 aromatic carbocycles. The predicted octanol–water partition coefficient (Wildman–Crippen LogP) is 3.20. The van der Waals surface area contributed by atoms with Crippen molar-refractivity contribution in [3.63, 3.8) is 0 Å². The summed E-state index contributed by atoms with van der Waals surface area (Å²) in [5.74, 6) is 0.138. The van der Waals surface area contributed by atoms with Gasteiger partial charge in [0.15, 0.2) is 4.96 Å². The van der Waals surface area contributed by atoms with Crippen molar-refractivity contribution in [3.8, 4) is 0 Å². The molecule has 0 fully saturated rings. The van der Waals surface area contributed by atoms with Gasteiger partial charge in [-0.05, 0) is 25.5 Å². The molecular weight excluding hydrogens is 320 g/mol. The monoisotopic (exact) mass is 340 g/mol. The molecule has 0 saturated carbocycles. The Hall–Kier alpha value is -2.34. The van der Waals surface area contributed by atoms with Crippen molar-refractivity contribution in [2.45, 2.75) is 25.8 Å². The maximum absolute atomic E-state index is 13.1. The highest BCUT2D eigenvalue weighted by molar-refractivity contribution is 7.15. The summed E-state index contributed by atoms with van der Waals surface area (Å²) in [6.45, 7) is 3.08. The molecule has 0 unspecified atom stereocenters. The fraction of sp³-hybridized carbons (Fsp3) is 0.333. The van der Waals surface area contributed by atoms with Crippen LogP contribution in [0, 0.1) is 0 Å². The van der Waals surface area contributed by atoms with Gasteiger partial charge in [0.2, 0.25) is 5.91 Å². The molecule has 3 aromatic rings. The number of benzene rings is 1. The topological polar surface area (TPSA) is 40.8 Å². The molecule has 3 heterocycles. The number of aromatic nitrogens is 2. The fourth-order valence-corrected chi connectivity index (χ4v) is 4.23. The molecule has 4 rings (SSSR count). The van der Waals surface area contributed by atoms with Gasteiger partial charge in [0.05, 0.1) is 17.8 Å². The summed E-state index contributed by atoms with van der Waals surface area (Å²) in [5, 5.41) is 2.03. The molecule has 124 valence electrons. The molecule has 1 aliphatic rings. The van der Waals surface area contributed by atoms with Crippen molar-refractivity contribution >= 4 is 33.6 Å². The van der Waals surface area contributed by atoms with Gasteiger partial charge in [-0.15, -0.1) is 11.3 Å². The minimum Gasteiger partial charge on any atom is -0.373 e. The van der Waals surface area contributed by atoms with E-state index in [2.05, 4.69) is 29.9 Å². The highest BCUT2D eigenvalue weighted by Gasteiger charge is 2.28. The van der Waals surface area contributed by atoms with Crippen molar-refractivity contribution in [2.75, 3.05) is 23.4 Å². The third-order valence-electron chi connectivity index (χ3n) is 4.69. The van der Waals surface area contributed by atoms with Gasteiger partial charge >= 0.3 is 0 Å². The van der Waals surface area contributed by atoms with Crippen molar-refractivity contribution in [2.24, 2.45) is 0 Å². The van der Waals surface area contributed by atoms with Crippen molar-refractivity contribution in [1.29, 1.82) is 0 Å². The van der Waals surface area contributed by atoms with E-state index in [9.17, 15) is 4.79 Å².